The molecule has 0 atom stereocenters. The molecule has 1 saturated heterocycles. The molecule has 5 rings (SSSR count). The summed E-state index contributed by atoms with van der Waals surface area (Å²) in [6.45, 7) is 3.51. The van der Waals surface area contributed by atoms with E-state index in [4.69, 9.17) is 0 Å². The first-order valence-corrected chi connectivity index (χ1v) is 13.8. The fraction of sp³-hybridized carbons (Fsp3) is 0.423. The van der Waals surface area contributed by atoms with Crippen molar-refractivity contribution in [1.29, 1.82) is 0 Å². The van der Waals surface area contributed by atoms with Gasteiger partial charge in [-0.25, -0.2) is 8.42 Å². The van der Waals surface area contributed by atoms with Gasteiger partial charge in [-0.05, 0) is 56.9 Å². The van der Waals surface area contributed by atoms with Gasteiger partial charge in [0, 0.05) is 43.2 Å². The van der Waals surface area contributed by atoms with Gasteiger partial charge in [0.1, 0.15) is 5.82 Å². The highest BCUT2D eigenvalue weighted by Crippen LogP contribution is 2.27. The average Bonchev–Trinajstić information content (AvgIpc) is 3.12. The third kappa shape index (κ3) is 5.01. The molecule has 2 aliphatic rings. The lowest BCUT2D eigenvalue weighted by atomic mass is 9.97. The summed E-state index contributed by atoms with van der Waals surface area (Å²) in [6, 6.07) is 14.6. The highest BCUT2D eigenvalue weighted by Gasteiger charge is 2.32. The molecule has 35 heavy (non-hydrogen) atoms. The first kappa shape index (κ1) is 23.7. The molecule has 8 nitrogen and oxygen atoms in total. The van der Waals surface area contributed by atoms with Crippen LogP contribution in [0.1, 0.15) is 43.5 Å². The van der Waals surface area contributed by atoms with Crippen LogP contribution in [0.3, 0.4) is 0 Å². The minimum atomic E-state index is -3.54. The van der Waals surface area contributed by atoms with Crippen molar-refractivity contribution in [3.63, 3.8) is 0 Å². The Morgan fingerprint density at radius 2 is 1.74 bits per heavy atom. The molecule has 9 heteroatoms. The maximum absolute atomic E-state index is 13.0. The van der Waals surface area contributed by atoms with Crippen LogP contribution in [0.25, 0.3) is 11.4 Å². The summed E-state index contributed by atoms with van der Waals surface area (Å²) in [5.74, 6) is 1.56. The Labute approximate surface area is 206 Å². The van der Waals surface area contributed by atoms with Crippen molar-refractivity contribution < 1.29 is 13.2 Å². The second-order valence-corrected chi connectivity index (χ2v) is 11.4. The number of aromatic nitrogens is 3. The van der Waals surface area contributed by atoms with Crippen LogP contribution in [0.2, 0.25) is 0 Å². The molecule has 184 valence electrons. The number of sulfonamides is 1. The summed E-state index contributed by atoms with van der Waals surface area (Å²) in [6.07, 6.45) is 5.39. The summed E-state index contributed by atoms with van der Waals surface area (Å²) < 4.78 is 29.6. The number of piperidine rings is 1. The number of anilines is 1. The summed E-state index contributed by atoms with van der Waals surface area (Å²) in [5, 5.41) is 11.8. The summed E-state index contributed by atoms with van der Waals surface area (Å²) >= 11 is 0. The Balaban J connectivity index is 1.23. The number of fused-ring (bicyclic) bond motifs is 1. The Morgan fingerprint density at radius 1 is 0.971 bits per heavy atom. The number of nitrogens with one attached hydrogen (secondary N) is 1. The zero-order valence-corrected chi connectivity index (χ0v) is 20.8. The Morgan fingerprint density at radius 3 is 2.51 bits per heavy atom. The maximum Gasteiger partial charge on any atom is 0.243 e. The highest BCUT2D eigenvalue weighted by atomic mass is 32.2. The van der Waals surface area contributed by atoms with Gasteiger partial charge in [-0.3, -0.25) is 4.79 Å². The van der Waals surface area contributed by atoms with E-state index in [9.17, 15) is 13.2 Å². The third-order valence-electron chi connectivity index (χ3n) is 6.98. The van der Waals surface area contributed by atoms with Crippen LogP contribution in [-0.4, -0.2) is 46.5 Å². The summed E-state index contributed by atoms with van der Waals surface area (Å²) in [5.41, 5.74) is 2.67. The summed E-state index contributed by atoms with van der Waals surface area (Å²) in [7, 11) is -3.54. The van der Waals surface area contributed by atoms with Crippen LogP contribution in [0.15, 0.2) is 53.4 Å². The van der Waals surface area contributed by atoms with E-state index in [-0.39, 0.29) is 11.8 Å². The maximum atomic E-state index is 13.0. The molecule has 2 aromatic carbocycles. The Kier molecular flexibility index (Phi) is 6.71. The number of nitrogens with zero attached hydrogens (tertiary/aromatic N) is 4. The van der Waals surface area contributed by atoms with Crippen molar-refractivity contribution in [1.82, 2.24) is 19.1 Å². The van der Waals surface area contributed by atoms with Crippen molar-refractivity contribution in [2.75, 3.05) is 18.4 Å². The average molecular weight is 494 g/mol. The first-order valence-electron chi connectivity index (χ1n) is 12.3. The zero-order chi connectivity index (χ0) is 24.4. The molecule has 0 saturated carbocycles. The molecule has 0 aliphatic carbocycles. The molecule has 1 aromatic heterocycles. The molecular formula is C26H31N5O3S. The highest BCUT2D eigenvalue weighted by molar-refractivity contribution is 7.89. The number of amides is 1. The lowest BCUT2D eigenvalue weighted by Gasteiger charge is -2.30. The van der Waals surface area contributed by atoms with E-state index in [0.29, 0.717) is 36.5 Å². The molecule has 1 amide bonds. The van der Waals surface area contributed by atoms with Crippen molar-refractivity contribution in [3.8, 4) is 11.4 Å². The lowest BCUT2D eigenvalue weighted by Crippen LogP contribution is -2.41. The first-order chi connectivity index (χ1) is 16.9. The second kappa shape index (κ2) is 9.91. The van der Waals surface area contributed by atoms with Crippen LogP contribution >= 0.6 is 0 Å². The summed E-state index contributed by atoms with van der Waals surface area (Å²) in [4.78, 5) is 13.3. The van der Waals surface area contributed by atoms with Crippen LogP contribution < -0.4 is 5.32 Å². The van der Waals surface area contributed by atoms with Gasteiger partial charge >= 0.3 is 0 Å². The fourth-order valence-corrected chi connectivity index (χ4v) is 6.37. The van der Waals surface area contributed by atoms with Gasteiger partial charge in [-0.15, -0.1) is 10.2 Å². The molecule has 1 fully saturated rings. The minimum Gasteiger partial charge on any atom is -0.326 e. The van der Waals surface area contributed by atoms with Gasteiger partial charge in [-0.2, -0.15) is 4.31 Å². The van der Waals surface area contributed by atoms with E-state index < -0.39 is 10.0 Å². The van der Waals surface area contributed by atoms with Crippen LogP contribution in [-0.2, 0) is 27.8 Å². The predicted molar refractivity (Wildman–Crippen MR) is 134 cm³/mol. The van der Waals surface area contributed by atoms with Gasteiger partial charge < -0.3 is 9.88 Å². The van der Waals surface area contributed by atoms with Crippen molar-refractivity contribution in [3.05, 3.63) is 59.9 Å². The van der Waals surface area contributed by atoms with Gasteiger partial charge in [0.05, 0.1) is 4.90 Å². The van der Waals surface area contributed by atoms with E-state index in [2.05, 4.69) is 20.1 Å². The third-order valence-corrected chi connectivity index (χ3v) is 8.89. The standard InChI is InChI=1S/C26H31N5O3S/c1-19-9-11-23(12-10-19)35(33,34)30-16-13-20(14-17-30)26(32)27-22-7-5-6-21(18-22)25-29-28-24-8-3-2-4-15-31(24)25/h5-7,9-12,18,20H,2-4,8,13-17H2,1H3,(H,27,32). The number of carbonyl (C=O) groups excluding carboxylic acids is 1. The van der Waals surface area contributed by atoms with E-state index in [1.54, 1.807) is 24.3 Å². The zero-order valence-electron chi connectivity index (χ0n) is 20.0. The smallest absolute Gasteiger partial charge is 0.243 e. The van der Waals surface area contributed by atoms with Crippen LogP contribution in [0, 0.1) is 12.8 Å². The van der Waals surface area contributed by atoms with Gasteiger partial charge in [0.25, 0.3) is 0 Å². The second-order valence-electron chi connectivity index (χ2n) is 9.46. The van der Waals surface area contributed by atoms with Gasteiger partial charge in [0.2, 0.25) is 15.9 Å². The molecule has 2 aliphatic heterocycles. The number of hydrogen-bond donors (Lipinski definition) is 1. The molecule has 0 unspecified atom stereocenters. The molecule has 3 aromatic rings. The Bertz CT molecular complexity index is 1310. The van der Waals surface area contributed by atoms with Crippen LogP contribution in [0.5, 0.6) is 0 Å². The molecular weight excluding hydrogens is 462 g/mol. The van der Waals surface area contributed by atoms with E-state index in [1.165, 1.54) is 10.7 Å². The van der Waals surface area contributed by atoms with Gasteiger partial charge in [-0.1, -0.05) is 36.2 Å². The SMILES string of the molecule is Cc1ccc(S(=O)(=O)N2CCC(C(=O)Nc3cccc(-c4nnc5n4CCCCC5)c3)CC2)cc1. The molecule has 0 bridgehead atoms. The van der Waals surface area contributed by atoms with Crippen molar-refractivity contribution in [2.45, 2.75) is 56.9 Å². The predicted octanol–water partition coefficient (Wildman–Crippen LogP) is 4.02. The van der Waals surface area contributed by atoms with Crippen molar-refractivity contribution >= 4 is 21.6 Å². The number of benzene rings is 2. The van der Waals surface area contributed by atoms with E-state index in [0.717, 1.165) is 48.6 Å². The Hall–Kier alpha value is -3.04. The number of carbonyl (C=O) groups is 1. The molecule has 0 spiro atoms. The van der Waals surface area contributed by atoms with E-state index >= 15 is 0 Å². The topological polar surface area (TPSA) is 97.2 Å². The molecule has 1 N–H and O–H groups in total. The lowest BCUT2D eigenvalue weighted by molar-refractivity contribution is -0.120. The normalized spacial score (nSPS) is 17.5. The fourth-order valence-electron chi connectivity index (χ4n) is 4.90. The number of rotatable bonds is 5. The molecule has 0 radical (unpaired) electrons. The van der Waals surface area contributed by atoms with Gasteiger partial charge in [0.15, 0.2) is 5.82 Å². The largest absolute Gasteiger partial charge is 0.326 e. The number of hydrogen-bond acceptors (Lipinski definition) is 5. The quantitative estimate of drug-likeness (QED) is 0.579. The van der Waals surface area contributed by atoms with Crippen LogP contribution in [0.4, 0.5) is 5.69 Å². The van der Waals surface area contributed by atoms with Crippen molar-refractivity contribution in [2.24, 2.45) is 5.92 Å². The monoisotopic (exact) mass is 493 g/mol. The minimum absolute atomic E-state index is 0.0744. The number of aryl methyl sites for hydroxylation is 2. The van der Waals surface area contributed by atoms with E-state index in [1.807, 2.05) is 31.2 Å². The molecule has 3 heterocycles.